The van der Waals surface area contributed by atoms with Crippen LogP contribution in [-0.4, -0.2) is 58.0 Å². The van der Waals surface area contributed by atoms with E-state index in [1.165, 1.54) is 32.4 Å². The SMILES string of the molecule is COc1ccc(S(=O)(=O)N(CC(=O)N(Cc2ccccc2C)[C@@H](Cc2ccccc2)C(=O)NC2CCCC2)c2ccc(C)cc2)cc1OC. The number of nitrogens with zero attached hydrogens (tertiary/aromatic N) is 2. The molecule has 1 aliphatic rings. The molecule has 5 rings (SSSR count). The highest BCUT2D eigenvalue weighted by atomic mass is 32.2. The predicted octanol–water partition coefficient (Wildman–Crippen LogP) is 6.21. The van der Waals surface area contributed by atoms with Crippen LogP contribution in [0.3, 0.4) is 0 Å². The van der Waals surface area contributed by atoms with Crippen molar-refractivity contribution in [1.29, 1.82) is 0 Å². The number of amides is 2. The van der Waals surface area contributed by atoms with E-state index in [-0.39, 0.29) is 35.6 Å². The average molecular weight is 684 g/mol. The minimum atomic E-state index is -4.31. The summed E-state index contributed by atoms with van der Waals surface area (Å²) in [7, 11) is -1.40. The Morgan fingerprint density at radius 3 is 2.14 bits per heavy atom. The first-order chi connectivity index (χ1) is 23.6. The molecule has 4 aromatic carbocycles. The number of nitrogens with one attached hydrogen (secondary N) is 1. The second-order valence-electron chi connectivity index (χ2n) is 12.5. The molecule has 258 valence electrons. The van der Waals surface area contributed by atoms with Crippen molar-refractivity contribution in [3.05, 3.63) is 119 Å². The van der Waals surface area contributed by atoms with Gasteiger partial charge in [-0.1, -0.05) is 85.1 Å². The molecule has 1 aliphatic carbocycles. The lowest BCUT2D eigenvalue weighted by Gasteiger charge is -2.34. The predicted molar refractivity (Wildman–Crippen MR) is 191 cm³/mol. The molecular formula is C39H45N3O6S. The molecule has 4 aromatic rings. The maximum Gasteiger partial charge on any atom is 0.264 e. The molecule has 0 saturated heterocycles. The second kappa shape index (κ2) is 16.0. The number of carbonyl (C=O) groups excluding carboxylic acids is 2. The van der Waals surface area contributed by atoms with Gasteiger partial charge in [0.25, 0.3) is 10.0 Å². The molecule has 49 heavy (non-hydrogen) atoms. The summed E-state index contributed by atoms with van der Waals surface area (Å²) in [6, 6.07) is 27.8. The van der Waals surface area contributed by atoms with E-state index >= 15 is 0 Å². The minimum Gasteiger partial charge on any atom is -0.493 e. The molecule has 2 amide bonds. The van der Waals surface area contributed by atoms with Crippen LogP contribution in [0.15, 0.2) is 102 Å². The van der Waals surface area contributed by atoms with Crippen molar-refractivity contribution in [3.8, 4) is 11.5 Å². The average Bonchev–Trinajstić information content (AvgIpc) is 3.63. The highest BCUT2D eigenvalue weighted by Gasteiger charge is 2.36. The fourth-order valence-electron chi connectivity index (χ4n) is 6.24. The van der Waals surface area contributed by atoms with Gasteiger partial charge in [0.2, 0.25) is 11.8 Å². The van der Waals surface area contributed by atoms with Gasteiger partial charge >= 0.3 is 0 Å². The third-order valence-electron chi connectivity index (χ3n) is 9.12. The van der Waals surface area contributed by atoms with Crippen molar-refractivity contribution in [2.75, 3.05) is 25.1 Å². The summed E-state index contributed by atoms with van der Waals surface area (Å²) in [5.41, 5.74) is 3.98. The number of hydrogen-bond donors (Lipinski definition) is 1. The van der Waals surface area contributed by atoms with Crippen molar-refractivity contribution in [3.63, 3.8) is 0 Å². The first kappa shape index (κ1) is 35.5. The number of hydrogen-bond acceptors (Lipinski definition) is 6. The maximum atomic E-state index is 14.8. The van der Waals surface area contributed by atoms with E-state index < -0.39 is 28.5 Å². The summed E-state index contributed by atoms with van der Waals surface area (Å²) in [4.78, 5) is 30.5. The van der Waals surface area contributed by atoms with Crippen LogP contribution in [0.2, 0.25) is 0 Å². The first-order valence-corrected chi connectivity index (χ1v) is 18.0. The van der Waals surface area contributed by atoms with Crippen LogP contribution in [0, 0.1) is 13.8 Å². The van der Waals surface area contributed by atoms with Crippen molar-refractivity contribution in [2.24, 2.45) is 0 Å². The summed E-state index contributed by atoms with van der Waals surface area (Å²) >= 11 is 0. The van der Waals surface area contributed by atoms with E-state index in [4.69, 9.17) is 9.47 Å². The number of benzene rings is 4. The minimum absolute atomic E-state index is 0.0377. The van der Waals surface area contributed by atoms with E-state index in [1.54, 1.807) is 29.2 Å². The van der Waals surface area contributed by atoms with Gasteiger partial charge in [0.05, 0.1) is 24.8 Å². The number of sulfonamides is 1. The lowest BCUT2D eigenvalue weighted by Crippen LogP contribution is -2.54. The molecular weight excluding hydrogens is 639 g/mol. The molecule has 0 aromatic heterocycles. The Morgan fingerprint density at radius 2 is 1.49 bits per heavy atom. The fourth-order valence-corrected chi connectivity index (χ4v) is 7.67. The molecule has 0 unspecified atom stereocenters. The topological polar surface area (TPSA) is 105 Å². The number of carbonyl (C=O) groups is 2. The van der Waals surface area contributed by atoms with E-state index in [1.807, 2.05) is 68.4 Å². The Balaban J connectivity index is 1.59. The van der Waals surface area contributed by atoms with Crippen LogP contribution in [0.1, 0.15) is 47.9 Å². The zero-order valence-electron chi connectivity index (χ0n) is 28.6. The van der Waals surface area contributed by atoms with Gasteiger partial charge in [-0.3, -0.25) is 13.9 Å². The highest BCUT2D eigenvalue weighted by Crippen LogP contribution is 2.33. The van der Waals surface area contributed by atoms with E-state index in [9.17, 15) is 18.0 Å². The van der Waals surface area contributed by atoms with Crippen LogP contribution in [0.25, 0.3) is 0 Å². The fraction of sp³-hybridized carbons (Fsp3) is 0.333. The zero-order chi connectivity index (χ0) is 35.0. The van der Waals surface area contributed by atoms with Gasteiger partial charge in [0, 0.05) is 25.1 Å². The lowest BCUT2D eigenvalue weighted by molar-refractivity contribution is -0.140. The van der Waals surface area contributed by atoms with Crippen molar-refractivity contribution in [1.82, 2.24) is 10.2 Å². The maximum absolute atomic E-state index is 14.8. The van der Waals surface area contributed by atoms with Gasteiger partial charge in [-0.2, -0.15) is 0 Å². The van der Waals surface area contributed by atoms with Crippen LogP contribution >= 0.6 is 0 Å². The summed E-state index contributed by atoms with van der Waals surface area (Å²) in [5, 5.41) is 3.22. The van der Waals surface area contributed by atoms with Crippen LogP contribution in [0.5, 0.6) is 11.5 Å². The quantitative estimate of drug-likeness (QED) is 0.169. The van der Waals surface area contributed by atoms with Gasteiger partial charge in [-0.05, 0) is 67.6 Å². The van der Waals surface area contributed by atoms with Gasteiger partial charge < -0.3 is 19.7 Å². The zero-order valence-corrected chi connectivity index (χ0v) is 29.4. The lowest BCUT2D eigenvalue weighted by atomic mass is 10.0. The molecule has 1 N–H and O–H groups in total. The van der Waals surface area contributed by atoms with Gasteiger partial charge in [-0.15, -0.1) is 0 Å². The monoisotopic (exact) mass is 683 g/mol. The summed E-state index contributed by atoms with van der Waals surface area (Å²) in [5.74, 6) is -0.134. The number of methoxy groups -OCH3 is 2. The molecule has 0 radical (unpaired) electrons. The Hall–Kier alpha value is -4.83. The Labute approximate surface area is 289 Å². The van der Waals surface area contributed by atoms with Gasteiger partial charge in [0.1, 0.15) is 12.6 Å². The molecule has 1 fully saturated rings. The number of anilines is 1. The largest absolute Gasteiger partial charge is 0.493 e. The molecule has 0 spiro atoms. The standard InChI is InChI=1S/C39H45N3O6S/c1-28-18-20-33(21-19-28)42(49(45,46)34-22-23-36(47-3)37(25-34)48-4)27-38(43)41(26-31-15-9-8-12-29(31)2)35(24-30-13-6-5-7-14-30)39(44)40-32-16-10-11-17-32/h5-9,12-15,18-23,25,32,35H,10-11,16-17,24,26-27H2,1-4H3,(H,40,44)/t35-/m0/s1. The van der Waals surface area contributed by atoms with Crippen LogP contribution in [-0.2, 0) is 32.6 Å². The highest BCUT2D eigenvalue weighted by molar-refractivity contribution is 7.92. The second-order valence-corrected chi connectivity index (χ2v) is 14.4. The summed E-state index contributed by atoms with van der Waals surface area (Å²) in [6.07, 6.45) is 4.13. The molecule has 1 atom stereocenters. The molecule has 0 aliphatic heterocycles. The number of aryl methyl sites for hydroxylation is 2. The Kier molecular flexibility index (Phi) is 11.6. The van der Waals surface area contributed by atoms with Gasteiger partial charge in [0.15, 0.2) is 11.5 Å². The van der Waals surface area contributed by atoms with Crippen molar-refractivity contribution < 1.29 is 27.5 Å². The van der Waals surface area contributed by atoms with E-state index in [0.717, 1.165) is 52.2 Å². The number of ether oxygens (including phenoxy) is 2. The van der Waals surface area contributed by atoms with Crippen molar-refractivity contribution >= 4 is 27.5 Å². The van der Waals surface area contributed by atoms with Crippen molar-refractivity contribution in [2.45, 2.75) is 69.5 Å². The molecule has 10 heteroatoms. The van der Waals surface area contributed by atoms with Gasteiger partial charge in [-0.25, -0.2) is 8.42 Å². The number of rotatable bonds is 14. The van der Waals surface area contributed by atoms with E-state index in [0.29, 0.717) is 11.4 Å². The molecule has 1 saturated carbocycles. The Morgan fingerprint density at radius 1 is 0.837 bits per heavy atom. The molecule has 0 heterocycles. The molecule has 9 nitrogen and oxygen atoms in total. The van der Waals surface area contributed by atoms with E-state index in [2.05, 4.69) is 5.32 Å². The summed E-state index contributed by atoms with van der Waals surface area (Å²) in [6.45, 7) is 3.46. The van der Waals surface area contributed by atoms with Crippen LogP contribution in [0.4, 0.5) is 5.69 Å². The third kappa shape index (κ3) is 8.61. The molecule has 0 bridgehead atoms. The smallest absolute Gasteiger partial charge is 0.264 e. The first-order valence-electron chi connectivity index (χ1n) is 16.6. The summed E-state index contributed by atoms with van der Waals surface area (Å²) < 4.78 is 40.8. The Bertz CT molecular complexity index is 1840. The normalized spacial score (nSPS) is 13.8. The van der Waals surface area contributed by atoms with Crippen LogP contribution < -0.4 is 19.1 Å². The third-order valence-corrected chi connectivity index (χ3v) is 10.9.